The van der Waals surface area contributed by atoms with E-state index in [0.29, 0.717) is 29.4 Å². The second kappa shape index (κ2) is 6.07. The van der Waals surface area contributed by atoms with Crippen molar-refractivity contribution in [1.29, 1.82) is 0 Å². The van der Waals surface area contributed by atoms with Gasteiger partial charge in [0.1, 0.15) is 21.7 Å². The van der Waals surface area contributed by atoms with Crippen molar-refractivity contribution in [3.05, 3.63) is 32.5 Å². The highest BCUT2D eigenvalue weighted by atomic mass is 32.1. The van der Waals surface area contributed by atoms with Crippen LogP contribution in [0.1, 0.15) is 18.9 Å². The summed E-state index contributed by atoms with van der Waals surface area (Å²) in [7, 11) is 1.47. The molecule has 27 heavy (non-hydrogen) atoms. The van der Waals surface area contributed by atoms with Crippen LogP contribution in [0.3, 0.4) is 0 Å². The van der Waals surface area contributed by atoms with Gasteiger partial charge in [0.15, 0.2) is 5.82 Å². The van der Waals surface area contributed by atoms with Gasteiger partial charge in [-0.05, 0) is 30.4 Å². The molecular weight excluding hydrogens is 371 g/mol. The summed E-state index contributed by atoms with van der Waals surface area (Å²) < 4.78 is 25.8. The molecule has 1 aliphatic carbocycles. The van der Waals surface area contributed by atoms with Crippen LogP contribution in [0.25, 0.3) is 21.1 Å². The number of aromatic amines is 1. The molecule has 5 rings (SSSR count). The number of hydrogen-bond donors (Lipinski definition) is 2. The maximum atomic E-state index is 15.9. The molecule has 142 valence electrons. The van der Waals surface area contributed by atoms with E-state index in [1.54, 1.807) is 6.07 Å². The lowest BCUT2D eigenvalue weighted by atomic mass is 10.1. The molecule has 0 radical (unpaired) electrons. The van der Waals surface area contributed by atoms with E-state index >= 15 is 4.39 Å². The van der Waals surface area contributed by atoms with Crippen LogP contribution in [0.5, 0.6) is 5.75 Å². The largest absolute Gasteiger partial charge is 0.494 e. The minimum Gasteiger partial charge on any atom is -0.494 e. The van der Waals surface area contributed by atoms with Crippen LogP contribution in [-0.4, -0.2) is 42.2 Å². The van der Waals surface area contributed by atoms with Gasteiger partial charge in [-0.2, -0.15) is 0 Å². The summed E-state index contributed by atoms with van der Waals surface area (Å²) in [6.45, 7) is 2.83. The quantitative estimate of drug-likeness (QED) is 0.713. The monoisotopic (exact) mass is 390 g/mol. The molecule has 2 N–H and O–H groups in total. The average molecular weight is 390 g/mol. The minimum absolute atomic E-state index is 0.107. The summed E-state index contributed by atoms with van der Waals surface area (Å²) in [5, 5.41) is 3.56. The predicted molar refractivity (Wildman–Crippen MR) is 104 cm³/mol. The lowest BCUT2D eigenvalue weighted by molar-refractivity contribution is 0.410. The van der Waals surface area contributed by atoms with Gasteiger partial charge in [0.05, 0.1) is 18.0 Å². The minimum atomic E-state index is -0.446. The van der Waals surface area contributed by atoms with Crippen LogP contribution in [-0.2, 0) is 0 Å². The van der Waals surface area contributed by atoms with Crippen LogP contribution in [0.2, 0.25) is 0 Å². The normalized spacial score (nSPS) is 17.8. The van der Waals surface area contributed by atoms with Gasteiger partial charge in [0.25, 0.3) is 5.56 Å². The van der Waals surface area contributed by atoms with E-state index in [0.717, 1.165) is 37.5 Å². The van der Waals surface area contributed by atoms with Crippen LogP contribution < -0.4 is 25.9 Å². The number of ether oxygens (including phenoxy) is 1. The molecule has 2 fully saturated rings. The van der Waals surface area contributed by atoms with Gasteiger partial charge in [-0.3, -0.25) is 14.0 Å². The van der Waals surface area contributed by atoms with Crippen molar-refractivity contribution in [1.82, 2.24) is 14.3 Å². The number of piperazine rings is 1. The third kappa shape index (κ3) is 2.41. The fraction of sp³-hybridized carbons (Fsp3) is 0.444. The highest BCUT2D eigenvalue weighted by molar-refractivity contribution is 7.12. The van der Waals surface area contributed by atoms with Gasteiger partial charge in [-0.1, -0.05) is 0 Å². The van der Waals surface area contributed by atoms with Crippen LogP contribution in [0, 0.1) is 5.82 Å². The zero-order valence-electron chi connectivity index (χ0n) is 14.8. The topological polar surface area (TPSA) is 79.4 Å². The van der Waals surface area contributed by atoms with E-state index in [4.69, 9.17) is 4.74 Å². The molecule has 1 saturated carbocycles. The number of anilines is 1. The van der Waals surface area contributed by atoms with E-state index < -0.39 is 16.8 Å². The Labute approximate surface area is 157 Å². The molecule has 1 saturated heterocycles. The number of rotatable bonds is 3. The lowest BCUT2D eigenvalue weighted by Gasteiger charge is -2.31. The molecule has 7 nitrogen and oxygen atoms in total. The summed E-state index contributed by atoms with van der Waals surface area (Å²) in [6.07, 6.45) is 1.82. The zero-order valence-corrected chi connectivity index (χ0v) is 15.6. The number of aromatic nitrogens is 2. The first kappa shape index (κ1) is 16.8. The second-order valence-electron chi connectivity index (χ2n) is 7.02. The highest BCUT2D eigenvalue weighted by Gasteiger charge is 2.32. The van der Waals surface area contributed by atoms with Gasteiger partial charge in [0, 0.05) is 32.2 Å². The number of nitrogens with zero attached hydrogens (tertiary/aromatic N) is 2. The highest BCUT2D eigenvalue weighted by Crippen LogP contribution is 2.43. The molecule has 2 aliphatic rings. The van der Waals surface area contributed by atoms with Crippen molar-refractivity contribution < 1.29 is 9.13 Å². The third-order valence-electron chi connectivity index (χ3n) is 5.36. The smallest absolute Gasteiger partial charge is 0.271 e. The Bertz CT molecular complexity index is 1170. The average Bonchev–Trinajstić information content (AvgIpc) is 3.45. The molecular formula is C18H19FN4O3S. The molecule has 1 aliphatic heterocycles. The number of fused-ring (bicyclic) bond motifs is 2. The first-order chi connectivity index (χ1) is 13.1. The van der Waals surface area contributed by atoms with Crippen molar-refractivity contribution in [3.63, 3.8) is 0 Å². The maximum Gasteiger partial charge on any atom is 0.271 e. The Morgan fingerprint density at radius 2 is 2.00 bits per heavy atom. The Morgan fingerprint density at radius 3 is 2.67 bits per heavy atom. The van der Waals surface area contributed by atoms with Gasteiger partial charge < -0.3 is 19.5 Å². The predicted octanol–water partition coefficient (Wildman–Crippen LogP) is 1.80. The number of H-pyrrole nitrogens is 1. The Hall–Kier alpha value is -2.39. The fourth-order valence-corrected chi connectivity index (χ4v) is 4.85. The number of hydrogen-bond acceptors (Lipinski definition) is 6. The second-order valence-corrected chi connectivity index (χ2v) is 7.81. The molecule has 0 amide bonds. The fourth-order valence-electron chi connectivity index (χ4n) is 3.93. The van der Waals surface area contributed by atoms with E-state index in [-0.39, 0.29) is 22.3 Å². The number of nitrogens with one attached hydrogen (secondary N) is 2. The van der Waals surface area contributed by atoms with E-state index in [9.17, 15) is 9.59 Å². The van der Waals surface area contributed by atoms with Gasteiger partial charge in [0.2, 0.25) is 5.43 Å². The molecule has 1 aromatic carbocycles. The van der Waals surface area contributed by atoms with E-state index in [1.165, 1.54) is 7.11 Å². The van der Waals surface area contributed by atoms with Gasteiger partial charge >= 0.3 is 0 Å². The standard InChI is InChI=1S/C18H19FN4O3S/c1-26-11-8-10-14(13(19)15(11)22-6-4-20-5-7-22)23(9-2-3-9)18-12(16(10)24)17(25)21-27-18/h8-9,20H,2-7H2,1H3,(H,21,25). The van der Waals surface area contributed by atoms with E-state index in [1.807, 2.05) is 9.47 Å². The Morgan fingerprint density at radius 1 is 1.26 bits per heavy atom. The number of pyridine rings is 1. The third-order valence-corrected chi connectivity index (χ3v) is 6.24. The molecule has 9 heteroatoms. The van der Waals surface area contributed by atoms with Gasteiger partial charge in [-0.15, -0.1) is 0 Å². The summed E-state index contributed by atoms with van der Waals surface area (Å²) in [5.41, 5.74) is -0.188. The van der Waals surface area contributed by atoms with Crippen LogP contribution in [0.4, 0.5) is 10.1 Å². The SMILES string of the molecule is COc1cc2c(=O)c3c(=O)[nH]sc3n(C3CC3)c2c(F)c1N1CCNCC1. The summed E-state index contributed by atoms with van der Waals surface area (Å²) >= 11 is 1.10. The first-order valence-electron chi connectivity index (χ1n) is 9.03. The van der Waals surface area contributed by atoms with E-state index in [2.05, 4.69) is 9.69 Å². The van der Waals surface area contributed by atoms with Crippen molar-refractivity contribution in [3.8, 4) is 5.75 Å². The van der Waals surface area contributed by atoms with Crippen molar-refractivity contribution >= 4 is 38.3 Å². The Balaban J connectivity index is 1.92. The van der Waals surface area contributed by atoms with Crippen LogP contribution in [0.15, 0.2) is 15.7 Å². The molecule has 3 heterocycles. The lowest BCUT2D eigenvalue weighted by Crippen LogP contribution is -2.44. The molecule has 0 bridgehead atoms. The maximum absolute atomic E-state index is 15.9. The molecule has 0 atom stereocenters. The number of halogens is 1. The first-order valence-corrected chi connectivity index (χ1v) is 9.85. The van der Waals surface area contributed by atoms with Crippen molar-refractivity contribution in [2.75, 3.05) is 38.2 Å². The van der Waals surface area contributed by atoms with Crippen molar-refractivity contribution in [2.45, 2.75) is 18.9 Å². The molecule has 0 spiro atoms. The summed E-state index contributed by atoms with van der Waals surface area (Å²) in [6, 6.07) is 1.70. The summed E-state index contributed by atoms with van der Waals surface area (Å²) in [4.78, 5) is 27.7. The summed E-state index contributed by atoms with van der Waals surface area (Å²) in [5.74, 6) is -0.120. The van der Waals surface area contributed by atoms with Crippen LogP contribution >= 0.6 is 11.5 Å². The molecule has 3 aromatic rings. The van der Waals surface area contributed by atoms with Gasteiger partial charge in [-0.25, -0.2) is 4.39 Å². The Kier molecular flexibility index (Phi) is 3.76. The number of benzene rings is 1. The molecule has 0 unspecified atom stereocenters. The van der Waals surface area contributed by atoms with Crippen molar-refractivity contribution in [2.24, 2.45) is 0 Å². The zero-order chi connectivity index (χ0) is 18.7. The number of methoxy groups -OCH3 is 1. The molecule has 2 aromatic heterocycles.